The van der Waals surface area contributed by atoms with Gasteiger partial charge in [-0.25, -0.2) is 0 Å². The smallest absolute Gasteiger partial charge is 0.0195 e. The van der Waals surface area contributed by atoms with Gasteiger partial charge in [0.2, 0.25) is 0 Å². The summed E-state index contributed by atoms with van der Waals surface area (Å²) in [4.78, 5) is 0. The second kappa shape index (κ2) is 4.70. The lowest BCUT2D eigenvalue weighted by molar-refractivity contribution is -0.0807. The van der Waals surface area contributed by atoms with Gasteiger partial charge in [0.25, 0.3) is 0 Å². The third-order valence-corrected chi connectivity index (χ3v) is 5.91. The lowest BCUT2D eigenvalue weighted by Crippen LogP contribution is -2.49. The molecular weight excluding hydrogens is 192 g/mol. The highest BCUT2D eigenvalue weighted by atomic mass is 14.6. The van der Waals surface area contributed by atoms with Gasteiger partial charge in [0.15, 0.2) is 0 Å². The van der Waals surface area contributed by atoms with Crippen LogP contribution in [-0.2, 0) is 0 Å². The molecule has 16 heavy (non-hydrogen) atoms. The van der Waals surface area contributed by atoms with Crippen molar-refractivity contribution in [2.75, 3.05) is 0 Å². The fraction of sp³-hybridized carbons (Fsp3) is 0.938. The minimum absolute atomic E-state index is 0.473. The minimum atomic E-state index is 0.473. The number of hydrogen-bond donors (Lipinski definition) is 0. The van der Waals surface area contributed by atoms with Crippen molar-refractivity contribution in [1.82, 2.24) is 0 Å². The van der Waals surface area contributed by atoms with Crippen LogP contribution in [0.25, 0.3) is 0 Å². The second-order valence-corrected chi connectivity index (χ2v) is 6.92. The van der Waals surface area contributed by atoms with Crippen LogP contribution in [0.2, 0.25) is 0 Å². The van der Waals surface area contributed by atoms with Crippen LogP contribution in [0.15, 0.2) is 0 Å². The molecule has 0 bridgehead atoms. The molecule has 0 unspecified atom stereocenters. The van der Waals surface area contributed by atoms with Crippen LogP contribution in [0.5, 0.6) is 0 Å². The molecule has 0 heterocycles. The molecule has 0 aromatic heterocycles. The standard InChI is InChI=1S/C16H31/c1-7-14(3,4)16(15(5,6)8-2)12-10-9-11-13-16/h9H,7-8,10-13H2,1-6H3. The Labute approximate surface area is 103 Å². The van der Waals surface area contributed by atoms with Crippen molar-refractivity contribution in [2.45, 2.75) is 80.1 Å². The molecule has 1 saturated carbocycles. The maximum absolute atomic E-state index is 2.50. The van der Waals surface area contributed by atoms with Crippen LogP contribution >= 0.6 is 0 Å². The van der Waals surface area contributed by atoms with Gasteiger partial charge in [-0.05, 0) is 48.3 Å². The van der Waals surface area contributed by atoms with Crippen LogP contribution < -0.4 is 0 Å². The van der Waals surface area contributed by atoms with E-state index >= 15 is 0 Å². The Morgan fingerprint density at radius 2 is 1.25 bits per heavy atom. The van der Waals surface area contributed by atoms with Gasteiger partial charge in [-0.1, -0.05) is 54.4 Å². The summed E-state index contributed by atoms with van der Waals surface area (Å²) in [6.45, 7) is 14.7. The lowest BCUT2D eigenvalue weighted by Gasteiger charge is -2.58. The Balaban J connectivity index is 3.11. The van der Waals surface area contributed by atoms with Crippen molar-refractivity contribution >= 4 is 0 Å². The van der Waals surface area contributed by atoms with Gasteiger partial charge in [-0.2, -0.15) is 0 Å². The van der Waals surface area contributed by atoms with Crippen LogP contribution in [0.1, 0.15) is 80.1 Å². The summed E-state index contributed by atoms with van der Waals surface area (Å²) >= 11 is 0. The first-order valence-electron chi connectivity index (χ1n) is 7.14. The molecule has 0 atom stereocenters. The van der Waals surface area contributed by atoms with Crippen molar-refractivity contribution in [3.05, 3.63) is 6.42 Å². The molecule has 0 N–H and O–H groups in total. The number of hydrogen-bond acceptors (Lipinski definition) is 0. The molecule has 1 fully saturated rings. The highest BCUT2D eigenvalue weighted by Crippen LogP contribution is 2.61. The highest BCUT2D eigenvalue weighted by molar-refractivity contribution is 5.04. The predicted molar refractivity (Wildman–Crippen MR) is 73.3 cm³/mol. The summed E-state index contributed by atoms with van der Waals surface area (Å²) in [6, 6.07) is 0. The van der Waals surface area contributed by atoms with Gasteiger partial charge in [0.1, 0.15) is 0 Å². The first-order chi connectivity index (χ1) is 7.33. The maximum Gasteiger partial charge on any atom is -0.0195 e. The molecule has 0 nitrogen and oxygen atoms in total. The summed E-state index contributed by atoms with van der Waals surface area (Å²) in [5.74, 6) is 0. The van der Waals surface area contributed by atoms with Gasteiger partial charge < -0.3 is 0 Å². The summed E-state index contributed by atoms with van der Waals surface area (Å²) in [5, 5.41) is 0. The average molecular weight is 223 g/mol. The summed E-state index contributed by atoms with van der Waals surface area (Å²) in [6.07, 6.45) is 10.5. The number of rotatable bonds is 4. The Bertz CT molecular complexity index is 198. The molecule has 0 aromatic carbocycles. The Kier molecular flexibility index (Phi) is 4.13. The maximum atomic E-state index is 2.50. The topological polar surface area (TPSA) is 0 Å². The van der Waals surface area contributed by atoms with E-state index in [0.29, 0.717) is 16.2 Å². The Hall–Kier alpha value is 0. The van der Waals surface area contributed by atoms with Gasteiger partial charge in [-0.3, -0.25) is 0 Å². The van der Waals surface area contributed by atoms with Crippen molar-refractivity contribution in [3.63, 3.8) is 0 Å². The van der Waals surface area contributed by atoms with E-state index in [4.69, 9.17) is 0 Å². The molecule has 1 radical (unpaired) electrons. The molecule has 95 valence electrons. The fourth-order valence-electron chi connectivity index (χ4n) is 3.91. The normalized spacial score (nSPS) is 22.1. The van der Waals surface area contributed by atoms with E-state index in [1.54, 1.807) is 0 Å². The highest BCUT2D eigenvalue weighted by Gasteiger charge is 2.52. The molecule has 0 saturated heterocycles. The van der Waals surface area contributed by atoms with E-state index in [1.165, 1.54) is 38.5 Å². The molecule has 0 heteroatoms. The van der Waals surface area contributed by atoms with Crippen molar-refractivity contribution in [3.8, 4) is 0 Å². The summed E-state index contributed by atoms with van der Waals surface area (Å²) in [7, 11) is 0. The molecule has 0 aromatic rings. The van der Waals surface area contributed by atoms with Gasteiger partial charge in [-0.15, -0.1) is 0 Å². The zero-order valence-corrected chi connectivity index (χ0v) is 12.3. The minimum Gasteiger partial charge on any atom is -0.0649 e. The third-order valence-electron chi connectivity index (χ3n) is 5.91. The van der Waals surface area contributed by atoms with Crippen molar-refractivity contribution in [1.29, 1.82) is 0 Å². The molecule has 1 rings (SSSR count). The largest absolute Gasteiger partial charge is 0.0649 e. The monoisotopic (exact) mass is 223 g/mol. The molecule has 1 aliphatic rings. The van der Waals surface area contributed by atoms with E-state index in [0.717, 1.165) is 0 Å². The van der Waals surface area contributed by atoms with Crippen molar-refractivity contribution < 1.29 is 0 Å². The first-order valence-corrected chi connectivity index (χ1v) is 7.14. The van der Waals surface area contributed by atoms with E-state index in [1.807, 2.05) is 0 Å². The molecular formula is C16H31. The fourth-order valence-corrected chi connectivity index (χ4v) is 3.91. The van der Waals surface area contributed by atoms with Gasteiger partial charge in [0.05, 0.1) is 0 Å². The molecule has 0 spiro atoms. The van der Waals surface area contributed by atoms with E-state index in [9.17, 15) is 0 Å². The van der Waals surface area contributed by atoms with E-state index in [2.05, 4.69) is 48.0 Å². The molecule has 0 amide bonds. The van der Waals surface area contributed by atoms with Crippen LogP contribution in [0, 0.1) is 22.7 Å². The first kappa shape index (κ1) is 14.1. The lowest BCUT2D eigenvalue weighted by atomic mass is 9.46. The summed E-state index contributed by atoms with van der Waals surface area (Å²) < 4.78 is 0. The predicted octanol–water partition coefficient (Wildman–Crippen LogP) is 5.62. The Morgan fingerprint density at radius 1 is 0.875 bits per heavy atom. The molecule has 0 aliphatic heterocycles. The zero-order valence-electron chi connectivity index (χ0n) is 12.3. The van der Waals surface area contributed by atoms with Crippen LogP contribution in [0.4, 0.5) is 0 Å². The average Bonchev–Trinajstić information content (AvgIpc) is 2.29. The zero-order chi connectivity index (χ0) is 12.4. The summed E-state index contributed by atoms with van der Waals surface area (Å²) in [5.41, 5.74) is 1.49. The third kappa shape index (κ3) is 2.05. The second-order valence-electron chi connectivity index (χ2n) is 6.92. The van der Waals surface area contributed by atoms with Gasteiger partial charge in [0, 0.05) is 0 Å². The van der Waals surface area contributed by atoms with E-state index < -0.39 is 0 Å². The van der Waals surface area contributed by atoms with Crippen LogP contribution in [0.3, 0.4) is 0 Å². The SMILES string of the molecule is CCC(C)(C)C1(C(C)(C)CC)CC[CH]CC1. The van der Waals surface area contributed by atoms with Crippen LogP contribution in [-0.4, -0.2) is 0 Å². The van der Waals surface area contributed by atoms with Gasteiger partial charge >= 0.3 is 0 Å². The Morgan fingerprint density at radius 3 is 1.56 bits per heavy atom. The van der Waals surface area contributed by atoms with E-state index in [-0.39, 0.29) is 0 Å². The molecule has 1 aliphatic carbocycles. The quantitative estimate of drug-likeness (QED) is 0.580. The van der Waals surface area contributed by atoms with Crippen molar-refractivity contribution in [2.24, 2.45) is 16.2 Å².